The third-order valence-corrected chi connectivity index (χ3v) is 4.18. The molecular weight excluding hydrogens is 254 g/mol. The van der Waals surface area contributed by atoms with Crippen molar-refractivity contribution in [2.75, 3.05) is 5.73 Å². The predicted octanol–water partition coefficient (Wildman–Crippen LogP) is 4.15. The zero-order valence-corrected chi connectivity index (χ0v) is 10.9. The molecule has 0 saturated carbocycles. The van der Waals surface area contributed by atoms with Gasteiger partial charge in [-0.3, -0.25) is 0 Å². The van der Waals surface area contributed by atoms with Gasteiger partial charge in [-0.05, 0) is 12.3 Å². The van der Waals surface area contributed by atoms with Crippen molar-refractivity contribution >= 4 is 26.4 Å². The van der Waals surface area contributed by atoms with Crippen LogP contribution in [0.4, 0.5) is 13.8 Å². The summed E-state index contributed by atoms with van der Waals surface area (Å²) in [6.07, 6.45) is 0.707. The van der Waals surface area contributed by atoms with Crippen molar-refractivity contribution in [1.29, 1.82) is 5.26 Å². The van der Waals surface area contributed by atoms with Gasteiger partial charge in [0.25, 0.3) is 0 Å². The normalized spacial score (nSPS) is 12.6. The van der Waals surface area contributed by atoms with Crippen LogP contribution in [-0.2, 0) is 0 Å². The molecule has 0 aliphatic heterocycles. The fourth-order valence-electron chi connectivity index (χ4n) is 2.04. The van der Waals surface area contributed by atoms with Crippen molar-refractivity contribution in [2.45, 2.75) is 26.2 Å². The molecule has 2 N–H and O–H groups in total. The summed E-state index contributed by atoms with van der Waals surface area (Å²) in [6.45, 7) is 3.77. The molecule has 0 aliphatic carbocycles. The number of nitrogen functional groups attached to an aromatic ring is 1. The van der Waals surface area contributed by atoms with Crippen molar-refractivity contribution in [1.82, 2.24) is 0 Å². The van der Waals surface area contributed by atoms with Crippen LogP contribution >= 0.6 is 11.3 Å². The van der Waals surface area contributed by atoms with E-state index in [9.17, 15) is 8.78 Å². The first-order valence-electron chi connectivity index (χ1n) is 5.61. The molecule has 0 saturated heterocycles. The van der Waals surface area contributed by atoms with E-state index >= 15 is 0 Å². The summed E-state index contributed by atoms with van der Waals surface area (Å²) in [5.41, 5.74) is 6.27. The second-order valence-electron chi connectivity index (χ2n) is 4.22. The lowest BCUT2D eigenvalue weighted by molar-refractivity contribution is 0.566. The molecule has 0 spiro atoms. The number of halogens is 2. The molecule has 0 aliphatic rings. The zero-order valence-electron chi connectivity index (χ0n) is 10.1. The van der Waals surface area contributed by atoms with Gasteiger partial charge in [0.2, 0.25) is 0 Å². The fourth-order valence-corrected chi connectivity index (χ4v) is 2.98. The largest absolute Gasteiger partial charge is 0.389 e. The molecule has 0 fully saturated rings. The van der Waals surface area contributed by atoms with Crippen LogP contribution in [0.3, 0.4) is 0 Å². The molecule has 0 radical (unpaired) electrons. The Labute approximate surface area is 108 Å². The van der Waals surface area contributed by atoms with Crippen LogP contribution in [-0.4, -0.2) is 0 Å². The van der Waals surface area contributed by atoms with Crippen molar-refractivity contribution in [3.63, 3.8) is 0 Å². The number of hydrogen-bond donors (Lipinski definition) is 1. The van der Waals surface area contributed by atoms with Crippen LogP contribution < -0.4 is 5.73 Å². The Morgan fingerprint density at radius 2 is 2.11 bits per heavy atom. The first-order chi connectivity index (χ1) is 8.51. The van der Waals surface area contributed by atoms with E-state index in [1.165, 1.54) is 0 Å². The first-order valence-corrected chi connectivity index (χ1v) is 6.42. The van der Waals surface area contributed by atoms with E-state index in [0.717, 1.165) is 17.4 Å². The van der Waals surface area contributed by atoms with E-state index in [2.05, 4.69) is 0 Å². The third-order valence-electron chi connectivity index (χ3n) is 3.15. The molecule has 2 nitrogen and oxygen atoms in total. The third kappa shape index (κ3) is 1.73. The summed E-state index contributed by atoms with van der Waals surface area (Å²) in [5.74, 6) is -1.36. The molecule has 18 heavy (non-hydrogen) atoms. The Bertz CT molecular complexity index is 655. The molecule has 2 rings (SSSR count). The molecule has 1 unspecified atom stereocenters. The minimum atomic E-state index is -0.659. The monoisotopic (exact) mass is 266 g/mol. The second-order valence-corrected chi connectivity index (χ2v) is 5.27. The van der Waals surface area contributed by atoms with Gasteiger partial charge in [-0.1, -0.05) is 13.8 Å². The standard InChI is InChI=1S/C13H12F2N2S/c1-3-6(2)10-8(14)4-9(15)12-11(10)7(5-16)13(17)18-12/h4,6H,3,17H2,1-2H3. The van der Waals surface area contributed by atoms with Crippen molar-refractivity contribution in [3.8, 4) is 6.07 Å². The Balaban J connectivity index is 2.96. The van der Waals surface area contributed by atoms with Crippen molar-refractivity contribution in [2.24, 2.45) is 0 Å². The number of hydrogen-bond acceptors (Lipinski definition) is 3. The summed E-state index contributed by atoms with van der Waals surface area (Å²) >= 11 is 0.994. The minimum absolute atomic E-state index is 0.0887. The fraction of sp³-hybridized carbons (Fsp3) is 0.308. The number of thiophene rings is 1. The van der Waals surface area contributed by atoms with E-state index < -0.39 is 11.6 Å². The van der Waals surface area contributed by atoms with E-state index in [0.29, 0.717) is 17.4 Å². The highest BCUT2D eigenvalue weighted by Crippen LogP contribution is 2.41. The average molecular weight is 266 g/mol. The molecule has 5 heteroatoms. The maximum absolute atomic E-state index is 14.0. The Morgan fingerprint density at radius 3 is 2.67 bits per heavy atom. The van der Waals surface area contributed by atoms with Crippen LogP contribution in [0.5, 0.6) is 0 Å². The molecule has 2 aromatic rings. The van der Waals surface area contributed by atoms with Crippen LogP contribution in [0, 0.1) is 23.0 Å². The Hall–Kier alpha value is -1.67. The number of anilines is 1. The van der Waals surface area contributed by atoms with Gasteiger partial charge < -0.3 is 5.73 Å². The van der Waals surface area contributed by atoms with Gasteiger partial charge in [0.15, 0.2) is 0 Å². The van der Waals surface area contributed by atoms with Crippen LogP contribution in [0.2, 0.25) is 0 Å². The van der Waals surface area contributed by atoms with Gasteiger partial charge in [0, 0.05) is 17.0 Å². The lowest BCUT2D eigenvalue weighted by Gasteiger charge is -2.12. The first kappa shape index (κ1) is 12.8. The number of fused-ring (bicyclic) bond motifs is 1. The van der Waals surface area contributed by atoms with Gasteiger partial charge >= 0.3 is 0 Å². The summed E-state index contributed by atoms with van der Waals surface area (Å²) in [4.78, 5) is 0. The number of nitrogens with two attached hydrogens (primary N) is 1. The van der Waals surface area contributed by atoms with E-state index in [4.69, 9.17) is 11.0 Å². The number of nitrogens with zero attached hydrogens (tertiary/aromatic N) is 1. The van der Waals surface area contributed by atoms with Crippen molar-refractivity contribution < 1.29 is 8.78 Å². The topological polar surface area (TPSA) is 49.8 Å². The minimum Gasteiger partial charge on any atom is -0.389 e. The molecule has 1 atom stereocenters. The number of rotatable bonds is 2. The van der Waals surface area contributed by atoms with Crippen LogP contribution in [0.1, 0.15) is 37.3 Å². The summed E-state index contributed by atoms with van der Waals surface area (Å²) in [5, 5.41) is 9.68. The maximum Gasteiger partial charge on any atom is 0.144 e. The average Bonchev–Trinajstić information content (AvgIpc) is 2.66. The zero-order chi connectivity index (χ0) is 13.4. The second kappa shape index (κ2) is 4.54. The predicted molar refractivity (Wildman–Crippen MR) is 69.6 cm³/mol. The summed E-state index contributed by atoms with van der Waals surface area (Å²) < 4.78 is 28.0. The molecule has 1 aromatic heterocycles. The molecule has 0 bridgehead atoms. The summed E-state index contributed by atoms with van der Waals surface area (Å²) in [7, 11) is 0. The quantitative estimate of drug-likeness (QED) is 0.887. The van der Waals surface area contributed by atoms with Crippen LogP contribution in [0.25, 0.3) is 10.1 Å². The van der Waals surface area contributed by atoms with Gasteiger partial charge in [-0.15, -0.1) is 11.3 Å². The van der Waals surface area contributed by atoms with Crippen LogP contribution in [0.15, 0.2) is 6.07 Å². The highest BCUT2D eigenvalue weighted by molar-refractivity contribution is 7.23. The Kier molecular flexibility index (Phi) is 3.22. The molecule has 94 valence electrons. The number of nitriles is 1. The van der Waals surface area contributed by atoms with Crippen molar-refractivity contribution in [3.05, 3.63) is 28.8 Å². The molecular formula is C13H12F2N2S. The van der Waals surface area contributed by atoms with Gasteiger partial charge in [-0.25, -0.2) is 8.78 Å². The lowest BCUT2D eigenvalue weighted by Crippen LogP contribution is -1.99. The molecule has 1 aromatic carbocycles. The highest BCUT2D eigenvalue weighted by Gasteiger charge is 2.22. The highest BCUT2D eigenvalue weighted by atomic mass is 32.1. The maximum atomic E-state index is 14.0. The lowest BCUT2D eigenvalue weighted by atomic mass is 9.93. The molecule has 1 heterocycles. The smallest absolute Gasteiger partial charge is 0.144 e. The molecule has 0 amide bonds. The van der Waals surface area contributed by atoms with Gasteiger partial charge in [0.1, 0.15) is 22.7 Å². The van der Waals surface area contributed by atoms with E-state index in [1.807, 2.05) is 19.9 Å². The Morgan fingerprint density at radius 1 is 1.44 bits per heavy atom. The van der Waals surface area contributed by atoms with Gasteiger partial charge in [-0.2, -0.15) is 5.26 Å². The van der Waals surface area contributed by atoms with E-state index in [-0.39, 0.29) is 21.2 Å². The van der Waals surface area contributed by atoms with E-state index in [1.54, 1.807) is 0 Å². The SMILES string of the molecule is CCC(C)c1c(F)cc(F)c2sc(N)c(C#N)c12. The summed E-state index contributed by atoms with van der Waals surface area (Å²) in [6, 6.07) is 2.82. The number of benzene rings is 1. The van der Waals surface area contributed by atoms with Gasteiger partial charge in [0.05, 0.1) is 10.3 Å².